The van der Waals surface area contributed by atoms with E-state index in [0.717, 1.165) is 0 Å². The Morgan fingerprint density at radius 3 is 2.58 bits per heavy atom. The van der Waals surface area contributed by atoms with Gasteiger partial charge in [-0.2, -0.15) is 5.26 Å². The first kappa shape index (κ1) is 17.2. The minimum Gasteiger partial charge on any atom is -0.370 e. The number of anilines is 1. The second-order valence-electron chi connectivity index (χ2n) is 5.50. The maximum atomic E-state index is 13.6. The highest BCUT2D eigenvalue weighted by Gasteiger charge is 2.12. The first-order valence-electron chi connectivity index (χ1n) is 7.65. The van der Waals surface area contributed by atoms with E-state index in [1.54, 1.807) is 0 Å². The van der Waals surface area contributed by atoms with Crippen molar-refractivity contribution in [3.05, 3.63) is 75.3 Å². The monoisotopic (exact) mass is 354 g/mol. The van der Waals surface area contributed by atoms with Crippen LogP contribution in [-0.2, 0) is 6.42 Å². The SMILES string of the molecule is N#Cc1cc(NCCc2c(F)cccc2F)nc2ccc([N+](=O)[O-])cc12. The summed E-state index contributed by atoms with van der Waals surface area (Å²) in [6.07, 6.45) is 0.0976. The van der Waals surface area contributed by atoms with Crippen molar-refractivity contribution in [2.45, 2.75) is 6.42 Å². The summed E-state index contributed by atoms with van der Waals surface area (Å²) in [5.41, 5.74) is 0.468. The summed E-state index contributed by atoms with van der Waals surface area (Å²) in [7, 11) is 0. The summed E-state index contributed by atoms with van der Waals surface area (Å²) in [6.45, 7) is 0.203. The maximum absolute atomic E-state index is 13.6. The molecule has 0 bridgehead atoms. The molecule has 1 N–H and O–H groups in total. The number of nitrogens with one attached hydrogen (secondary N) is 1. The molecular formula is C18H12F2N4O2. The number of pyridine rings is 1. The molecule has 6 nitrogen and oxygen atoms in total. The van der Waals surface area contributed by atoms with Crippen LogP contribution in [0.5, 0.6) is 0 Å². The van der Waals surface area contributed by atoms with Crippen LogP contribution in [0.25, 0.3) is 10.9 Å². The number of nitriles is 1. The van der Waals surface area contributed by atoms with Crippen LogP contribution in [0, 0.1) is 33.1 Å². The molecule has 0 spiro atoms. The molecule has 0 aliphatic heterocycles. The summed E-state index contributed by atoms with van der Waals surface area (Å²) in [5, 5.41) is 23.5. The second kappa shape index (κ2) is 7.11. The van der Waals surface area contributed by atoms with Crippen molar-refractivity contribution in [2.75, 3.05) is 11.9 Å². The molecule has 0 unspecified atom stereocenters. The van der Waals surface area contributed by atoms with Crippen molar-refractivity contribution in [1.29, 1.82) is 5.26 Å². The van der Waals surface area contributed by atoms with E-state index >= 15 is 0 Å². The Kier molecular flexibility index (Phi) is 4.71. The van der Waals surface area contributed by atoms with Crippen LogP contribution in [0.4, 0.5) is 20.3 Å². The van der Waals surface area contributed by atoms with E-state index in [-0.39, 0.29) is 29.8 Å². The zero-order chi connectivity index (χ0) is 18.7. The minimum atomic E-state index is -0.622. The standard InChI is InChI=1S/C18H12F2N4O2/c19-15-2-1-3-16(20)13(15)6-7-22-18-8-11(10-21)14-9-12(24(25)26)4-5-17(14)23-18/h1-5,8-9H,6-7H2,(H,22,23). The summed E-state index contributed by atoms with van der Waals surface area (Å²) in [5.74, 6) is -0.897. The average molecular weight is 354 g/mol. The maximum Gasteiger partial charge on any atom is 0.270 e. The number of rotatable bonds is 5. The van der Waals surface area contributed by atoms with Gasteiger partial charge in [-0.15, -0.1) is 0 Å². The lowest BCUT2D eigenvalue weighted by Gasteiger charge is -2.09. The fourth-order valence-corrected chi connectivity index (χ4v) is 2.60. The van der Waals surface area contributed by atoms with Gasteiger partial charge < -0.3 is 5.32 Å². The first-order chi connectivity index (χ1) is 12.5. The van der Waals surface area contributed by atoms with Gasteiger partial charge in [0.15, 0.2) is 0 Å². The van der Waals surface area contributed by atoms with Crippen LogP contribution >= 0.6 is 0 Å². The number of halogens is 2. The molecule has 0 fully saturated rings. The number of nitrogens with zero attached hydrogens (tertiary/aromatic N) is 3. The minimum absolute atomic E-state index is 0.0306. The third-order valence-corrected chi connectivity index (χ3v) is 3.87. The molecule has 1 aromatic heterocycles. The number of nitro groups is 1. The molecule has 0 aliphatic carbocycles. The Morgan fingerprint density at radius 1 is 1.19 bits per heavy atom. The quantitative estimate of drug-likeness (QED) is 0.553. The number of non-ortho nitro benzene ring substituents is 1. The smallest absolute Gasteiger partial charge is 0.270 e. The van der Waals surface area contributed by atoms with Crippen molar-refractivity contribution in [3.63, 3.8) is 0 Å². The predicted octanol–water partition coefficient (Wildman–Crippen LogP) is 3.95. The number of hydrogen-bond donors (Lipinski definition) is 1. The van der Waals surface area contributed by atoms with Gasteiger partial charge in [0.05, 0.1) is 22.1 Å². The number of benzene rings is 2. The summed E-state index contributed by atoms with van der Waals surface area (Å²) < 4.78 is 27.2. The van der Waals surface area contributed by atoms with Gasteiger partial charge in [-0.25, -0.2) is 13.8 Å². The molecule has 0 amide bonds. The second-order valence-corrected chi connectivity index (χ2v) is 5.50. The third kappa shape index (κ3) is 3.42. The Hall–Kier alpha value is -3.60. The van der Waals surface area contributed by atoms with Crippen LogP contribution in [0.1, 0.15) is 11.1 Å². The van der Waals surface area contributed by atoms with Gasteiger partial charge in [0.25, 0.3) is 5.69 Å². The Morgan fingerprint density at radius 2 is 1.92 bits per heavy atom. The van der Waals surface area contributed by atoms with Gasteiger partial charge >= 0.3 is 0 Å². The van der Waals surface area contributed by atoms with Gasteiger partial charge in [-0.1, -0.05) is 6.07 Å². The van der Waals surface area contributed by atoms with Gasteiger partial charge in [-0.3, -0.25) is 10.1 Å². The molecule has 0 saturated carbocycles. The molecule has 3 aromatic rings. The zero-order valence-corrected chi connectivity index (χ0v) is 13.4. The Labute approximate surface area is 146 Å². The molecule has 0 atom stereocenters. The number of aromatic nitrogens is 1. The molecule has 8 heteroatoms. The fraction of sp³-hybridized carbons (Fsp3) is 0.111. The van der Waals surface area contributed by atoms with E-state index in [1.807, 2.05) is 6.07 Å². The highest BCUT2D eigenvalue weighted by atomic mass is 19.1. The van der Waals surface area contributed by atoms with Gasteiger partial charge in [0.1, 0.15) is 17.5 Å². The molecule has 130 valence electrons. The van der Waals surface area contributed by atoms with Gasteiger partial charge in [0, 0.05) is 29.6 Å². The topological polar surface area (TPSA) is 91.8 Å². The molecule has 26 heavy (non-hydrogen) atoms. The molecule has 0 saturated heterocycles. The van der Waals surface area contributed by atoms with Crippen molar-refractivity contribution in [1.82, 2.24) is 4.98 Å². The van der Waals surface area contributed by atoms with Crippen molar-refractivity contribution in [3.8, 4) is 6.07 Å². The van der Waals surface area contributed by atoms with E-state index in [9.17, 15) is 24.2 Å². The van der Waals surface area contributed by atoms with E-state index in [2.05, 4.69) is 10.3 Å². The normalized spacial score (nSPS) is 10.5. The molecule has 1 heterocycles. The molecule has 3 rings (SSSR count). The molecule has 0 radical (unpaired) electrons. The Bertz CT molecular complexity index is 1030. The highest BCUT2D eigenvalue weighted by Crippen LogP contribution is 2.25. The van der Waals surface area contributed by atoms with Crippen molar-refractivity contribution >= 4 is 22.4 Å². The lowest BCUT2D eigenvalue weighted by molar-refractivity contribution is -0.384. The Balaban J connectivity index is 1.84. The zero-order valence-electron chi connectivity index (χ0n) is 13.4. The third-order valence-electron chi connectivity index (χ3n) is 3.87. The molecule has 2 aromatic carbocycles. The van der Waals surface area contributed by atoms with Gasteiger partial charge in [-0.05, 0) is 30.7 Å². The number of fused-ring (bicyclic) bond motifs is 1. The number of hydrogen-bond acceptors (Lipinski definition) is 5. The lowest BCUT2D eigenvalue weighted by Crippen LogP contribution is -2.09. The van der Waals surface area contributed by atoms with E-state index < -0.39 is 16.6 Å². The van der Waals surface area contributed by atoms with Crippen LogP contribution in [0.2, 0.25) is 0 Å². The van der Waals surface area contributed by atoms with E-state index in [0.29, 0.717) is 16.7 Å². The van der Waals surface area contributed by atoms with E-state index in [1.165, 1.54) is 42.5 Å². The van der Waals surface area contributed by atoms with Gasteiger partial charge in [0.2, 0.25) is 0 Å². The van der Waals surface area contributed by atoms with Crippen LogP contribution in [0.15, 0.2) is 42.5 Å². The average Bonchev–Trinajstić information content (AvgIpc) is 2.63. The molecule has 0 aliphatic rings. The summed E-state index contributed by atoms with van der Waals surface area (Å²) >= 11 is 0. The summed E-state index contributed by atoms with van der Waals surface area (Å²) in [6, 6.07) is 11.1. The van der Waals surface area contributed by atoms with Crippen molar-refractivity contribution in [2.24, 2.45) is 0 Å². The fourth-order valence-electron chi connectivity index (χ4n) is 2.60. The largest absolute Gasteiger partial charge is 0.370 e. The number of nitro benzene ring substituents is 1. The lowest BCUT2D eigenvalue weighted by atomic mass is 10.1. The van der Waals surface area contributed by atoms with Crippen LogP contribution in [0.3, 0.4) is 0 Å². The van der Waals surface area contributed by atoms with E-state index in [4.69, 9.17) is 0 Å². The first-order valence-corrected chi connectivity index (χ1v) is 7.65. The van der Waals surface area contributed by atoms with Crippen LogP contribution < -0.4 is 5.32 Å². The van der Waals surface area contributed by atoms with Crippen LogP contribution in [-0.4, -0.2) is 16.5 Å². The summed E-state index contributed by atoms with van der Waals surface area (Å²) in [4.78, 5) is 14.6. The highest BCUT2D eigenvalue weighted by molar-refractivity contribution is 5.88. The molecular weight excluding hydrogens is 342 g/mol. The van der Waals surface area contributed by atoms with Crippen molar-refractivity contribution < 1.29 is 13.7 Å². The predicted molar refractivity (Wildman–Crippen MR) is 91.7 cm³/mol.